The van der Waals surface area contributed by atoms with E-state index in [0.717, 1.165) is 32.5 Å². The smallest absolute Gasteiger partial charge is 0.249 e. The van der Waals surface area contributed by atoms with Crippen molar-refractivity contribution in [2.45, 2.75) is 43.7 Å². The summed E-state index contributed by atoms with van der Waals surface area (Å²) in [5.74, 6) is 0.220. The Morgan fingerprint density at radius 1 is 1.31 bits per heavy atom. The van der Waals surface area contributed by atoms with Crippen molar-refractivity contribution < 1.29 is 9.53 Å². The second-order valence-corrected chi connectivity index (χ2v) is 5.32. The highest BCUT2D eigenvalue weighted by molar-refractivity contribution is 5.79. The molecule has 0 atom stereocenters. The number of ether oxygens (including phenoxy) is 1. The summed E-state index contributed by atoms with van der Waals surface area (Å²) >= 11 is 0. The van der Waals surface area contributed by atoms with Gasteiger partial charge in [0.2, 0.25) is 5.91 Å². The number of amides is 1. The molecule has 3 aliphatic rings. The van der Waals surface area contributed by atoms with E-state index in [0.29, 0.717) is 12.6 Å². The maximum atomic E-state index is 12.1. The van der Waals surface area contributed by atoms with Gasteiger partial charge < -0.3 is 15.0 Å². The van der Waals surface area contributed by atoms with Crippen molar-refractivity contribution in [3.05, 3.63) is 0 Å². The van der Waals surface area contributed by atoms with Gasteiger partial charge >= 0.3 is 0 Å². The van der Waals surface area contributed by atoms with Crippen molar-refractivity contribution in [1.29, 1.82) is 0 Å². The van der Waals surface area contributed by atoms with Crippen molar-refractivity contribution in [2.24, 2.45) is 0 Å². The lowest BCUT2D eigenvalue weighted by Gasteiger charge is -2.54. The van der Waals surface area contributed by atoms with Crippen LogP contribution in [-0.4, -0.2) is 48.7 Å². The lowest BCUT2D eigenvalue weighted by atomic mass is 9.80. The van der Waals surface area contributed by atoms with Crippen LogP contribution in [0.3, 0.4) is 0 Å². The van der Waals surface area contributed by atoms with E-state index in [1.807, 2.05) is 0 Å². The Kier molecular flexibility index (Phi) is 2.64. The summed E-state index contributed by atoms with van der Waals surface area (Å²) in [6, 6.07) is 0.509. The number of nitrogens with zero attached hydrogens (tertiary/aromatic N) is 1. The minimum Gasteiger partial charge on any atom is -0.369 e. The van der Waals surface area contributed by atoms with Crippen LogP contribution < -0.4 is 5.32 Å². The van der Waals surface area contributed by atoms with E-state index >= 15 is 0 Å². The molecule has 2 heterocycles. The first-order valence-electron chi connectivity index (χ1n) is 6.42. The van der Waals surface area contributed by atoms with Gasteiger partial charge in [0.25, 0.3) is 0 Å². The summed E-state index contributed by atoms with van der Waals surface area (Å²) in [4.78, 5) is 14.3. The van der Waals surface area contributed by atoms with Gasteiger partial charge in [-0.3, -0.25) is 4.79 Å². The molecule has 1 saturated carbocycles. The standard InChI is InChI=1S/C12H20N2O2/c15-11-8-16-9-12(4-6-13-7-5-12)14(11)10-2-1-3-10/h10,13H,1-9H2. The molecule has 3 fully saturated rings. The Hall–Kier alpha value is -0.610. The molecule has 0 unspecified atom stereocenters. The molecule has 0 bridgehead atoms. The number of morpholine rings is 1. The van der Waals surface area contributed by atoms with Crippen LogP contribution in [0.4, 0.5) is 0 Å². The Labute approximate surface area is 96.3 Å². The van der Waals surface area contributed by atoms with Gasteiger partial charge in [-0.15, -0.1) is 0 Å². The van der Waals surface area contributed by atoms with E-state index in [4.69, 9.17) is 4.74 Å². The van der Waals surface area contributed by atoms with E-state index in [2.05, 4.69) is 10.2 Å². The molecule has 0 radical (unpaired) electrons. The van der Waals surface area contributed by atoms with Crippen LogP contribution in [0.25, 0.3) is 0 Å². The largest absolute Gasteiger partial charge is 0.369 e. The number of piperidine rings is 1. The summed E-state index contributed by atoms with van der Waals surface area (Å²) < 4.78 is 5.51. The number of hydrogen-bond donors (Lipinski definition) is 1. The SMILES string of the molecule is O=C1COCC2(CCNCC2)N1C1CCC1. The fraction of sp³-hybridized carbons (Fsp3) is 0.917. The molecule has 1 N–H and O–H groups in total. The van der Waals surface area contributed by atoms with Crippen molar-refractivity contribution in [1.82, 2.24) is 10.2 Å². The van der Waals surface area contributed by atoms with Crippen LogP contribution in [0.15, 0.2) is 0 Å². The second kappa shape index (κ2) is 4.00. The molecule has 2 aliphatic heterocycles. The van der Waals surface area contributed by atoms with Gasteiger partial charge in [0.05, 0.1) is 12.1 Å². The molecule has 1 amide bonds. The summed E-state index contributed by atoms with van der Waals surface area (Å²) in [7, 11) is 0. The first kappa shape index (κ1) is 10.5. The summed E-state index contributed by atoms with van der Waals surface area (Å²) in [5.41, 5.74) is 0.0195. The fourth-order valence-corrected chi connectivity index (χ4v) is 3.25. The highest BCUT2D eigenvalue weighted by Crippen LogP contribution is 2.37. The van der Waals surface area contributed by atoms with Crippen molar-refractivity contribution in [2.75, 3.05) is 26.3 Å². The van der Waals surface area contributed by atoms with Gasteiger partial charge in [-0.05, 0) is 45.2 Å². The Morgan fingerprint density at radius 2 is 2.06 bits per heavy atom. The van der Waals surface area contributed by atoms with Crippen molar-refractivity contribution >= 4 is 5.91 Å². The Balaban J connectivity index is 1.84. The first-order chi connectivity index (χ1) is 7.82. The van der Waals surface area contributed by atoms with Crippen LogP contribution in [0.5, 0.6) is 0 Å². The van der Waals surface area contributed by atoms with E-state index in [1.54, 1.807) is 0 Å². The van der Waals surface area contributed by atoms with Gasteiger partial charge in [-0.2, -0.15) is 0 Å². The van der Waals surface area contributed by atoms with E-state index in [-0.39, 0.29) is 11.4 Å². The normalized spacial score (nSPS) is 30.5. The van der Waals surface area contributed by atoms with Crippen LogP contribution in [-0.2, 0) is 9.53 Å². The van der Waals surface area contributed by atoms with Gasteiger partial charge in [-0.25, -0.2) is 0 Å². The number of rotatable bonds is 1. The summed E-state index contributed by atoms with van der Waals surface area (Å²) in [6.07, 6.45) is 5.77. The zero-order chi connectivity index (χ0) is 11.0. The number of carbonyl (C=O) groups excluding carboxylic acids is 1. The number of carbonyl (C=O) groups is 1. The van der Waals surface area contributed by atoms with Gasteiger partial charge in [0.1, 0.15) is 6.61 Å². The highest BCUT2D eigenvalue weighted by Gasteiger charge is 2.47. The predicted octanol–water partition coefficient (Wildman–Crippen LogP) is 0.520. The molecule has 2 saturated heterocycles. The Bertz CT molecular complexity index is 277. The first-order valence-corrected chi connectivity index (χ1v) is 6.42. The zero-order valence-electron chi connectivity index (χ0n) is 9.71. The average molecular weight is 224 g/mol. The Morgan fingerprint density at radius 3 is 2.69 bits per heavy atom. The zero-order valence-corrected chi connectivity index (χ0v) is 9.71. The molecule has 1 spiro atoms. The molecule has 0 aromatic carbocycles. The lowest BCUT2D eigenvalue weighted by molar-refractivity contribution is -0.170. The number of hydrogen-bond acceptors (Lipinski definition) is 3. The third-order valence-electron chi connectivity index (χ3n) is 4.35. The maximum Gasteiger partial charge on any atom is 0.249 e. The van der Waals surface area contributed by atoms with E-state index in [9.17, 15) is 4.79 Å². The topological polar surface area (TPSA) is 41.6 Å². The third kappa shape index (κ3) is 1.55. The van der Waals surface area contributed by atoms with Crippen LogP contribution in [0.2, 0.25) is 0 Å². The summed E-state index contributed by atoms with van der Waals surface area (Å²) in [6.45, 7) is 3.07. The van der Waals surface area contributed by atoms with Gasteiger partial charge in [0.15, 0.2) is 0 Å². The third-order valence-corrected chi connectivity index (χ3v) is 4.35. The highest BCUT2D eigenvalue weighted by atomic mass is 16.5. The molecule has 4 heteroatoms. The molecular formula is C12H20N2O2. The molecule has 0 aromatic heterocycles. The number of nitrogens with one attached hydrogen (secondary N) is 1. The second-order valence-electron chi connectivity index (χ2n) is 5.32. The van der Waals surface area contributed by atoms with Crippen molar-refractivity contribution in [3.8, 4) is 0 Å². The maximum absolute atomic E-state index is 12.1. The minimum atomic E-state index is 0.0195. The molecule has 1 aliphatic carbocycles. The fourth-order valence-electron chi connectivity index (χ4n) is 3.25. The lowest BCUT2D eigenvalue weighted by Crippen LogP contribution is -2.67. The van der Waals surface area contributed by atoms with E-state index in [1.165, 1.54) is 19.3 Å². The molecule has 90 valence electrons. The predicted molar refractivity (Wildman–Crippen MR) is 60.1 cm³/mol. The summed E-state index contributed by atoms with van der Waals surface area (Å²) in [5, 5.41) is 3.37. The van der Waals surface area contributed by atoms with Crippen LogP contribution in [0, 0.1) is 0 Å². The minimum absolute atomic E-state index is 0.0195. The van der Waals surface area contributed by atoms with Crippen molar-refractivity contribution in [3.63, 3.8) is 0 Å². The molecule has 4 nitrogen and oxygen atoms in total. The monoisotopic (exact) mass is 224 g/mol. The molecule has 0 aromatic rings. The van der Waals surface area contributed by atoms with Gasteiger partial charge in [-0.1, -0.05) is 0 Å². The quantitative estimate of drug-likeness (QED) is 0.706. The van der Waals surface area contributed by atoms with Crippen LogP contribution >= 0.6 is 0 Å². The average Bonchev–Trinajstić information content (AvgIpc) is 2.22. The molecule has 3 rings (SSSR count). The van der Waals surface area contributed by atoms with E-state index < -0.39 is 0 Å². The molecular weight excluding hydrogens is 204 g/mol. The van der Waals surface area contributed by atoms with Gasteiger partial charge in [0, 0.05) is 6.04 Å². The molecule has 16 heavy (non-hydrogen) atoms. The van der Waals surface area contributed by atoms with Crippen LogP contribution in [0.1, 0.15) is 32.1 Å².